The van der Waals surface area contributed by atoms with E-state index < -0.39 is 11.7 Å². The molecule has 16 heavy (non-hydrogen) atoms. The Labute approximate surface area is 114 Å². The van der Waals surface area contributed by atoms with E-state index in [1.807, 2.05) is 20.8 Å². The molecule has 0 aliphatic heterocycles. The van der Waals surface area contributed by atoms with E-state index in [0.717, 1.165) is 3.57 Å². The largest absolute Gasteiger partial charge is 0.444 e. The van der Waals surface area contributed by atoms with E-state index in [2.05, 4.69) is 27.9 Å². The molecule has 0 unspecified atom stereocenters. The van der Waals surface area contributed by atoms with Gasteiger partial charge in [-0.25, -0.2) is 4.79 Å². The molecule has 0 saturated carbocycles. The second-order valence-corrected chi connectivity index (χ2v) is 5.83. The van der Waals surface area contributed by atoms with Gasteiger partial charge in [0.25, 0.3) is 0 Å². The van der Waals surface area contributed by atoms with E-state index in [4.69, 9.17) is 16.3 Å². The minimum atomic E-state index is -0.496. The van der Waals surface area contributed by atoms with Crippen molar-refractivity contribution in [1.29, 1.82) is 0 Å². The highest BCUT2D eigenvalue weighted by molar-refractivity contribution is 14.1. The third-order valence-electron chi connectivity index (χ3n) is 1.56. The lowest BCUT2D eigenvalue weighted by Gasteiger charge is -2.19. The summed E-state index contributed by atoms with van der Waals surface area (Å²) in [5.41, 5.74) is 0.173. The molecule has 1 aromatic carbocycles. The van der Waals surface area contributed by atoms with E-state index >= 15 is 0 Å². The Morgan fingerprint density at radius 1 is 1.44 bits per heavy atom. The smallest absolute Gasteiger partial charge is 0.412 e. The van der Waals surface area contributed by atoms with Gasteiger partial charge in [-0.2, -0.15) is 0 Å². The number of amides is 1. The van der Waals surface area contributed by atoms with Gasteiger partial charge in [0.2, 0.25) is 0 Å². The van der Waals surface area contributed by atoms with Gasteiger partial charge in [0.15, 0.2) is 0 Å². The van der Waals surface area contributed by atoms with Crippen molar-refractivity contribution in [3.8, 4) is 0 Å². The number of ether oxygens (including phenoxy) is 1. The second-order valence-electron chi connectivity index (χ2n) is 4.26. The van der Waals surface area contributed by atoms with E-state index in [1.165, 1.54) is 0 Å². The van der Waals surface area contributed by atoms with Crippen LogP contribution < -0.4 is 5.32 Å². The number of benzene rings is 1. The summed E-state index contributed by atoms with van der Waals surface area (Å²) in [6, 6.07) is 5.25. The zero-order chi connectivity index (χ0) is 12.3. The number of hydrogen-bond acceptors (Lipinski definition) is 2. The van der Waals surface area contributed by atoms with Crippen LogP contribution in [0.5, 0.6) is 0 Å². The van der Waals surface area contributed by atoms with Gasteiger partial charge in [-0.1, -0.05) is 11.6 Å². The zero-order valence-electron chi connectivity index (χ0n) is 9.30. The van der Waals surface area contributed by atoms with E-state index in [-0.39, 0.29) is 0 Å². The summed E-state index contributed by atoms with van der Waals surface area (Å²) in [7, 11) is 0. The molecule has 0 heterocycles. The molecule has 0 atom stereocenters. The van der Waals surface area contributed by atoms with Crippen molar-refractivity contribution in [2.75, 3.05) is 5.32 Å². The van der Waals surface area contributed by atoms with Crippen molar-refractivity contribution < 1.29 is 9.53 Å². The fraction of sp³-hybridized carbons (Fsp3) is 0.364. The predicted molar refractivity (Wildman–Crippen MR) is 74.0 cm³/mol. The number of rotatable bonds is 1. The van der Waals surface area contributed by atoms with Crippen LogP contribution >= 0.6 is 34.2 Å². The first-order chi connectivity index (χ1) is 7.28. The number of halogens is 2. The molecule has 3 nitrogen and oxygen atoms in total. The summed E-state index contributed by atoms with van der Waals surface area (Å²) in [6.07, 6.45) is -0.467. The van der Waals surface area contributed by atoms with E-state index in [0.29, 0.717) is 10.7 Å². The molecule has 88 valence electrons. The van der Waals surface area contributed by atoms with Crippen LogP contribution in [0.25, 0.3) is 0 Å². The molecule has 0 fully saturated rings. The maximum Gasteiger partial charge on any atom is 0.412 e. The first kappa shape index (κ1) is 13.6. The highest BCUT2D eigenvalue weighted by Crippen LogP contribution is 2.22. The molecule has 0 saturated heterocycles. The molecule has 0 aliphatic carbocycles. The first-order valence-corrected chi connectivity index (χ1v) is 6.19. The number of carbonyl (C=O) groups excluding carboxylic acids is 1. The molecule has 1 rings (SSSR count). The number of hydrogen-bond donors (Lipinski definition) is 1. The maximum absolute atomic E-state index is 11.5. The molecule has 0 bridgehead atoms. The van der Waals surface area contributed by atoms with Gasteiger partial charge in [-0.05, 0) is 61.6 Å². The van der Waals surface area contributed by atoms with Crippen LogP contribution in [0, 0.1) is 3.57 Å². The van der Waals surface area contributed by atoms with Crippen molar-refractivity contribution in [2.24, 2.45) is 0 Å². The number of anilines is 1. The Balaban J connectivity index is 2.67. The summed E-state index contributed by atoms with van der Waals surface area (Å²) in [4.78, 5) is 11.5. The van der Waals surface area contributed by atoms with Gasteiger partial charge >= 0.3 is 6.09 Å². The monoisotopic (exact) mass is 353 g/mol. The van der Waals surface area contributed by atoms with Crippen molar-refractivity contribution in [2.45, 2.75) is 26.4 Å². The second kappa shape index (κ2) is 5.23. The lowest BCUT2D eigenvalue weighted by molar-refractivity contribution is 0.0636. The molecular weight excluding hydrogens is 340 g/mol. The topological polar surface area (TPSA) is 38.3 Å². The van der Waals surface area contributed by atoms with Crippen molar-refractivity contribution in [3.63, 3.8) is 0 Å². The van der Waals surface area contributed by atoms with E-state index in [9.17, 15) is 4.79 Å². The van der Waals surface area contributed by atoms with Crippen LogP contribution in [-0.4, -0.2) is 11.7 Å². The zero-order valence-corrected chi connectivity index (χ0v) is 12.2. The minimum Gasteiger partial charge on any atom is -0.444 e. The van der Waals surface area contributed by atoms with Crippen LogP contribution in [-0.2, 0) is 4.74 Å². The lowest BCUT2D eigenvalue weighted by Crippen LogP contribution is -2.27. The summed E-state index contributed by atoms with van der Waals surface area (Å²) in [5.74, 6) is 0. The Hall–Kier alpha value is -0.490. The van der Waals surface area contributed by atoms with Gasteiger partial charge in [-0.15, -0.1) is 0 Å². The SMILES string of the molecule is CC(C)(C)OC(=O)Nc1ccc(Cl)c(I)c1. The Morgan fingerprint density at radius 3 is 2.56 bits per heavy atom. The van der Waals surface area contributed by atoms with Gasteiger partial charge in [-0.3, -0.25) is 5.32 Å². The van der Waals surface area contributed by atoms with Crippen LogP contribution in [0.3, 0.4) is 0 Å². The fourth-order valence-corrected chi connectivity index (χ4v) is 1.63. The standard InChI is InChI=1S/C11H13ClINO2/c1-11(2,3)16-10(15)14-7-4-5-8(12)9(13)6-7/h4-6H,1-3H3,(H,14,15). The van der Waals surface area contributed by atoms with E-state index in [1.54, 1.807) is 18.2 Å². The van der Waals surface area contributed by atoms with Gasteiger partial charge < -0.3 is 4.74 Å². The van der Waals surface area contributed by atoms with Crippen molar-refractivity contribution in [3.05, 3.63) is 26.8 Å². The number of carbonyl (C=O) groups is 1. The molecule has 1 aromatic rings. The van der Waals surface area contributed by atoms with Crippen LogP contribution in [0.4, 0.5) is 10.5 Å². The minimum absolute atomic E-state index is 0.467. The summed E-state index contributed by atoms with van der Waals surface area (Å²) >= 11 is 7.97. The first-order valence-electron chi connectivity index (χ1n) is 4.73. The Morgan fingerprint density at radius 2 is 2.06 bits per heavy atom. The Kier molecular flexibility index (Phi) is 4.43. The maximum atomic E-state index is 11.5. The predicted octanol–water partition coefficient (Wildman–Crippen LogP) is 4.29. The third-order valence-corrected chi connectivity index (χ3v) is 3.11. The molecule has 1 N–H and O–H groups in total. The number of nitrogens with one attached hydrogen (secondary N) is 1. The Bertz CT molecular complexity index is 401. The third kappa shape index (κ3) is 4.57. The quantitative estimate of drug-likeness (QED) is 0.765. The molecule has 0 radical (unpaired) electrons. The van der Waals surface area contributed by atoms with Gasteiger partial charge in [0.1, 0.15) is 5.60 Å². The summed E-state index contributed by atoms with van der Waals surface area (Å²) in [5, 5.41) is 3.30. The highest BCUT2D eigenvalue weighted by Gasteiger charge is 2.16. The molecule has 0 aliphatic rings. The van der Waals surface area contributed by atoms with Gasteiger partial charge in [0, 0.05) is 9.26 Å². The normalized spacial score (nSPS) is 11.1. The molecule has 0 spiro atoms. The summed E-state index contributed by atoms with van der Waals surface area (Å²) in [6.45, 7) is 5.45. The molecule has 5 heteroatoms. The van der Waals surface area contributed by atoms with Crippen molar-refractivity contribution in [1.82, 2.24) is 0 Å². The van der Waals surface area contributed by atoms with Crippen LogP contribution in [0.1, 0.15) is 20.8 Å². The van der Waals surface area contributed by atoms with Crippen LogP contribution in [0.2, 0.25) is 5.02 Å². The fourth-order valence-electron chi connectivity index (χ4n) is 0.995. The summed E-state index contributed by atoms with van der Waals surface area (Å²) < 4.78 is 6.01. The average molecular weight is 354 g/mol. The lowest BCUT2D eigenvalue weighted by atomic mass is 10.2. The average Bonchev–Trinajstić information content (AvgIpc) is 2.08. The molecule has 0 aromatic heterocycles. The molecular formula is C11H13ClINO2. The molecule has 1 amide bonds. The van der Waals surface area contributed by atoms with Crippen molar-refractivity contribution >= 4 is 46.0 Å². The van der Waals surface area contributed by atoms with Crippen LogP contribution in [0.15, 0.2) is 18.2 Å². The highest BCUT2D eigenvalue weighted by atomic mass is 127. The van der Waals surface area contributed by atoms with Gasteiger partial charge in [0.05, 0.1) is 5.02 Å².